The summed E-state index contributed by atoms with van der Waals surface area (Å²) in [6, 6.07) is 12.2. The maximum absolute atomic E-state index is 12.6. The molecule has 1 unspecified atom stereocenters. The van der Waals surface area contributed by atoms with Crippen molar-refractivity contribution < 1.29 is 14.3 Å². The first-order chi connectivity index (χ1) is 13.9. The van der Waals surface area contributed by atoms with Crippen molar-refractivity contribution in [2.45, 2.75) is 32.9 Å². The summed E-state index contributed by atoms with van der Waals surface area (Å²) in [5, 5.41) is 0. The van der Waals surface area contributed by atoms with E-state index in [1.165, 1.54) is 0 Å². The summed E-state index contributed by atoms with van der Waals surface area (Å²) in [5.41, 5.74) is 4.24. The predicted octanol–water partition coefficient (Wildman–Crippen LogP) is 4.15. The van der Waals surface area contributed by atoms with Crippen LogP contribution in [0.5, 0.6) is 11.5 Å². The van der Waals surface area contributed by atoms with Crippen molar-refractivity contribution in [1.82, 2.24) is 4.90 Å². The second-order valence-electron chi connectivity index (χ2n) is 7.65. The molecule has 0 aromatic heterocycles. The number of hydrogen-bond donors (Lipinski definition) is 0. The molecule has 0 N–H and O–H groups in total. The number of rotatable bonds is 7. The molecule has 2 aromatic rings. The summed E-state index contributed by atoms with van der Waals surface area (Å²) in [6.07, 6.45) is 4.46. The van der Waals surface area contributed by atoms with E-state index in [0.29, 0.717) is 13.2 Å². The van der Waals surface area contributed by atoms with Gasteiger partial charge in [0.15, 0.2) is 0 Å². The zero-order valence-corrected chi connectivity index (χ0v) is 17.9. The minimum Gasteiger partial charge on any atom is -0.493 e. The number of benzene rings is 2. The highest BCUT2D eigenvalue weighted by atomic mass is 16.5. The number of ether oxygens (including phenoxy) is 2. The van der Waals surface area contributed by atoms with Crippen LogP contribution in [0.3, 0.4) is 0 Å². The molecule has 0 aliphatic carbocycles. The first-order valence-corrected chi connectivity index (χ1v) is 10.0. The van der Waals surface area contributed by atoms with Crippen LogP contribution < -0.4 is 14.4 Å². The third-order valence-electron chi connectivity index (χ3n) is 4.98. The van der Waals surface area contributed by atoms with Crippen molar-refractivity contribution in [2.24, 2.45) is 0 Å². The molecule has 1 heterocycles. The fraction of sp³-hybridized carbons (Fsp3) is 0.375. The number of anilines is 1. The normalized spacial score (nSPS) is 15.1. The lowest BCUT2D eigenvalue weighted by atomic mass is 10.1. The van der Waals surface area contributed by atoms with Gasteiger partial charge in [-0.15, -0.1) is 0 Å². The van der Waals surface area contributed by atoms with Gasteiger partial charge in [-0.05, 0) is 49.8 Å². The molecule has 0 fully saturated rings. The maximum Gasteiger partial charge on any atom is 0.246 e. The molecule has 1 aliphatic rings. The van der Waals surface area contributed by atoms with Gasteiger partial charge in [0, 0.05) is 57.0 Å². The molecule has 0 spiro atoms. The number of carbonyl (C=O) groups is 1. The van der Waals surface area contributed by atoms with Gasteiger partial charge in [0.25, 0.3) is 0 Å². The number of carbonyl (C=O) groups excluding carboxylic acids is 1. The predicted molar refractivity (Wildman–Crippen MR) is 118 cm³/mol. The summed E-state index contributed by atoms with van der Waals surface area (Å²) < 4.78 is 11.6. The van der Waals surface area contributed by atoms with E-state index in [0.717, 1.165) is 40.3 Å². The highest BCUT2D eigenvalue weighted by molar-refractivity contribution is 5.92. The molecule has 154 valence electrons. The van der Waals surface area contributed by atoms with Crippen molar-refractivity contribution in [3.63, 3.8) is 0 Å². The van der Waals surface area contributed by atoms with E-state index < -0.39 is 0 Å². The Kier molecular flexibility index (Phi) is 6.47. The molecule has 29 heavy (non-hydrogen) atoms. The van der Waals surface area contributed by atoms with Gasteiger partial charge >= 0.3 is 0 Å². The van der Waals surface area contributed by atoms with Crippen LogP contribution in [0.25, 0.3) is 6.08 Å². The van der Waals surface area contributed by atoms with E-state index in [1.807, 2.05) is 46.3 Å². The Balaban J connectivity index is 1.70. The minimum atomic E-state index is -0.0566. The third-order valence-corrected chi connectivity index (χ3v) is 4.98. The third kappa shape index (κ3) is 5.11. The molecular weight excluding hydrogens is 364 g/mol. The Hall–Kier alpha value is -2.95. The second-order valence-corrected chi connectivity index (χ2v) is 7.65. The van der Waals surface area contributed by atoms with E-state index in [1.54, 1.807) is 11.0 Å². The van der Waals surface area contributed by atoms with E-state index in [2.05, 4.69) is 36.1 Å². The van der Waals surface area contributed by atoms with E-state index in [9.17, 15) is 4.79 Å². The van der Waals surface area contributed by atoms with E-state index >= 15 is 0 Å². The van der Waals surface area contributed by atoms with Crippen molar-refractivity contribution in [3.05, 3.63) is 59.2 Å². The van der Waals surface area contributed by atoms with Crippen LogP contribution in [0.15, 0.2) is 42.5 Å². The Morgan fingerprint density at radius 1 is 1.21 bits per heavy atom. The highest BCUT2D eigenvalue weighted by Gasteiger charge is 2.21. The van der Waals surface area contributed by atoms with Gasteiger partial charge in [-0.3, -0.25) is 4.79 Å². The summed E-state index contributed by atoms with van der Waals surface area (Å²) in [4.78, 5) is 16.4. The summed E-state index contributed by atoms with van der Waals surface area (Å²) in [5.74, 6) is 1.61. The molecule has 1 aliphatic heterocycles. The number of likely N-dealkylation sites (N-methyl/N-ethyl adjacent to an activating group) is 1. The maximum atomic E-state index is 12.6. The number of nitrogens with zero attached hydrogens (tertiary/aromatic N) is 2. The average Bonchev–Trinajstić information content (AvgIpc) is 3.05. The fourth-order valence-electron chi connectivity index (χ4n) is 3.41. The lowest BCUT2D eigenvalue weighted by Gasteiger charge is -2.17. The smallest absolute Gasteiger partial charge is 0.246 e. The van der Waals surface area contributed by atoms with E-state index in [4.69, 9.17) is 9.47 Å². The van der Waals surface area contributed by atoms with Crippen LogP contribution in [0.1, 0.15) is 30.5 Å². The molecule has 2 aromatic carbocycles. The zero-order valence-electron chi connectivity index (χ0n) is 17.9. The summed E-state index contributed by atoms with van der Waals surface area (Å²) in [7, 11) is 5.83. The van der Waals surface area contributed by atoms with Crippen molar-refractivity contribution in [2.75, 3.05) is 32.6 Å². The first kappa shape index (κ1) is 20.8. The number of amides is 1. The van der Waals surface area contributed by atoms with Gasteiger partial charge in [0.1, 0.15) is 17.6 Å². The monoisotopic (exact) mass is 394 g/mol. The molecular formula is C24H30N2O3. The average molecular weight is 395 g/mol. The van der Waals surface area contributed by atoms with Crippen LogP contribution in [-0.2, 0) is 17.8 Å². The highest BCUT2D eigenvalue weighted by Crippen LogP contribution is 2.35. The largest absolute Gasteiger partial charge is 0.493 e. The zero-order chi connectivity index (χ0) is 21.0. The van der Waals surface area contributed by atoms with Crippen LogP contribution in [0.4, 0.5) is 5.69 Å². The molecule has 5 nitrogen and oxygen atoms in total. The van der Waals surface area contributed by atoms with Crippen LogP contribution in [-0.4, -0.2) is 44.7 Å². The van der Waals surface area contributed by atoms with Gasteiger partial charge < -0.3 is 19.3 Å². The van der Waals surface area contributed by atoms with E-state index in [-0.39, 0.29) is 12.0 Å². The summed E-state index contributed by atoms with van der Waals surface area (Å²) >= 11 is 0. The number of fused-ring (bicyclic) bond motifs is 1. The van der Waals surface area contributed by atoms with Gasteiger partial charge in [0.05, 0.1) is 6.61 Å². The Labute approximate surface area is 173 Å². The van der Waals surface area contributed by atoms with Gasteiger partial charge in [0.2, 0.25) is 5.91 Å². The Bertz CT molecular complexity index is 888. The quantitative estimate of drug-likeness (QED) is 0.662. The Morgan fingerprint density at radius 2 is 1.93 bits per heavy atom. The number of hydrogen-bond acceptors (Lipinski definition) is 4. The molecule has 0 saturated carbocycles. The van der Waals surface area contributed by atoms with Crippen molar-refractivity contribution in [1.29, 1.82) is 0 Å². The van der Waals surface area contributed by atoms with Crippen LogP contribution in [0, 0.1) is 0 Å². The SMILES string of the molecule is CCOc1cc2c(cc1/C=C/C(=O)N(C)Cc1ccc(N(C)C)cc1)OC(C)C2. The van der Waals surface area contributed by atoms with Gasteiger partial charge in [-0.25, -0.2) is 0 Å². The molecule has 1 atom stereocenters. The molecule has 1 amide bonds. The van der Waals surface area contributed by atoms with Crippen LogP contribution >= 0.6 is 0 Å². The molecule has 0 saturated heterocycles. The lowest BCUT2D eigenvalue weighted by molar-refractivity contribution is -0.125. The molecule has 0 bridgehead atoms. The van der Waals surface area contributed by atoms with Crippen molar-refractivity contribution in [3.8, 4) is 11.5 Å². The standard InChI is InChI=1S/C24H30N2O3/c1-6-28-22-15-20-13-17(2)29-23(20)14-19(22)9-12-24(27)26(5)16-18-7-10-21(11-8-18)25(3)4/h7-12,14-15,17H,6,13,16H2,1-5H3/b12-9+. The van der Waals surface area contributed by atoms with Crippen molar-refractivity contribution >= 4 is 17.7 Å². The summed E-state index contributed by atoms with van der Waals surface area (Å²) in [6.45, 7) is 5.15. The van der Waals surface area contributed by atoms with Gasteiger partial charge in [-0.1, -0.05) is 12.1 Å². The molecule has 0 radical (unpaired) electrons. The fourth-order valence-corrected chi connectivity index (χ4v) is 3.41. The molecule has 5 heteroatoms. The Morgan fingerprint density at radius 3 is 2.59 bits per heavy atom. The lowest BCUT2D eigenvalue weighted by Crippen LogP contribution is -2.24. The van der Waals surface area contributed by atoms with Gasteiger partial charge in [-0.2, -0.15) is 0 Å². The molecule has 3 rings (SSSR count). The first-order valence-electron chi connectivity index (χ1n) is 10.0. The minimum absolute atomic E-state index is 0.0566. The van der Waals surface area contributed by atoms with Crippen LogP contribution in [0.2, 0.25) is 0 Å². The second kappa shape index (κ2) is 9.03. The topological polar surface area (TPSA) is 42.0 Å².